The molecule has 0 aliphatic heterocycles. The topological polar surface area (TPSA) is 70.5 Å². The molecule has 0 radical (unpaired) electrons. The van der Waals surface area contributed by atoms with Gasteiger partial charge in [0.15, 0.2) is 5.65 Å². The van der Waals surface area contributed by atoms with Gasteiger partial charge >= 0.3 is 0 Å². The van der Waals surface area contributed by atoms with Crippen LogP contribution in [0, 0.1) is 27.7 Å². The van der Waals surface area contributed by atoms with Crippen LogP contribution in [0.15, 0.2) is 30.5 Å². The number of hydrogen-bond acceptors (Lipinski definition) is 4. The molecule has 0 aliphatic rings. The molecule has 0 unspecified atom stereocenters. The number of aryl methyl sites for hydroxylation is 4. The SMILES string of the molecule is CNCC(=O)Nc1cc(NCc2c(C)cccc2C)c2nc(C)c(C)n2c1. The van der Waals surface area contributed by atoms with E-state index in [-0.39, 0.29) is 12.5 Å². The standard InChI is InChI=1S/C21H27N5O/c1-13-7-6-8-14(2)18(13)10-23-19-9-17(25-20(27)11-22-5)12-26-16(4)15(3)24-21(19)26/h6-9,12,22-23H,10-11H2,1-5H3,(H,25,27). The fourth-order valence-corrected chi connectivity index (χ4v) is 3.25. The number of benzene rings is 1. The highest BCUT2D eigenvalue weighted by atomic mass is 16.1. The summed E-state index contributed by atoms with van der Waals surface area (Å²) >= 11 is 0. The molecule has 6 heteroatoms. The lowest BCUT2D eigenvalue weighted by atomic mass is 10.0. The number of imidazole rings is 1. The Morgan fingerprint density at radius 3 is 2.52 bits per heavy atom. The number of anilines is 2. The van der Waals surface area contributed by atoms with Crippen molar-refractivity contribution in [3.8, 4) is 0 Å². The van der Waals surface area contributed by atoms with Gasteiger partial charge in [-0.3, -0.25) is 4.79 Å². The Kier molecular flexibility index (Phi) is 5.46. The van der Waals surface area contributed by atoms with Gasteiger partial charge in [-0.2, -0.15) is 0 Å². The second kappa shape index (κ2) is 7.80. The quantitative estimate of drug-likeness (QED) is 0.627. The Labute approximate surface area is 160 Å². The lowest BCUT2D eigenvalue weighted by Gasteiger charge is -2.14. The van der Waals surface area contributed by atoms with Crippen molar-refractivity contribution in [3.63, 3.8) is 0 Å². The molecule has 3 aromatic rings. The van der Waals surface area contributed by atoms with Crippen LogP contribution in [0.4, 0.5) is 11.4 Å². The van der Waals surface area contributed by atoms with Gasteiger partial charge in [0.1, 0.15) is 0 Å². The van der Waals surface area contributed by atoms with Crippen molar-refractivity contribution in [1.82, 2.24) is 14.7 Å². The molecule has 0 atom stereocenters. The summed E-state index contributed by atoms with van der Waals surface area (Å²) in [4.78, 5) is 16.7. The Morgan fingerprint density at radius 2 is 1.85 bits per heavy atom. The molecule has 1 amide bonds. The van der Waals surface area contributed by atoms with Crippen LogP contribution in [0.25, 0.3) is 5.65 Å². The summed E-state index contributed by atoms with van der Waals surface area (Å²) in [5, 5.41) is 9.33. The molecule has 3 rings (SSSR count). The van der Waals surface area contributed by atoms with E-state index in [9.17, 15) is 4.79 Å². The molecule has 142 valence electrons. The first-order valence-corrected chi connectivity index (χ1v) is 9.13. The van der Waals surface area contributed by atoms with E-state index in [1.165, 1.54) is 16.7 Å². The van der Waals surface area contributed by atoms with Crippen molar-refractivity contribution in [3.05, 3.63) is 58.5 Å². The normalized spacial score (nSPS) is 11.0. The number of aromatic nitrogens is 2. The van der Waals surface area contributed by atoms with Crippen molar-refractivity contribution in [2.75, 3.05) is 24.2 Å². The molecule has 1 aromatic carbocycles. The highest BCUT2D eigenvalue weighted by Crippen LogP contribution is 2.25. The largest absolute Gasteiger partial charge is 0.378 e. The van der Waals surface area contributed by atoms with Gasteiger partial charge in [0.25, 0.3) is 0 Å². The third kappa shape index (κ3) is 3.95. The molecule has 2 heterocycles. The maximum atomic E-state index is 12.0. The smallest absolute Gasteiger partial charge is 0.238 e. The first kappa shape index (κ1) is 18.9. The van der Waals surface area contributed by atoms with Crippen LogP contribution in [0.5, 0.6) is 0 Å². The number of fused-ring (bicyclic) bond motifs is 1. The number of nitrogens with zero attached hydrogens (tertiary/aromatic N) is 2. The number of nitrogens with one attached hydrogen (secondary N) is 3. The number of likely N-dealkylation sites (N-methyl/N-ethyl adjacent to an activating group) is 1. The maximum Gasteiger partial charge on any atom is 0.238 e. The zero-order valence-corrected chi connectivity index (χ0v) is 16.6. The predicted octanol–water partition coefficient (Wildman–Crippen LogP) is 3.34. The number of rotatable bonds is 6. The molecule has 0 saturated heterocycles. The molecule has 3 N–H and O–H groups in total. The number of carbonyl (C=O) groups is 1. The molecule has 2 aromatic heterocycles. The number of hydrogen-bond donors (Lipinski definition) is 3. The van der Waals surface area contributed by atoms with E-state index in [4.69, 9.17) is 4.98 Å². The zero-order valence-electron chi connectivity index (χ0n) is 16.6. The van der Waals surface area contributed by atoms with Crippen LogP contribution in [0.2, 0.25) is 0 Å². The summed E-state index contributed by atoms with van der Waals surface area (Å²) in [5.41, 5.74) is 8.33. The molecule has 0 spiro atoms. The summed E-state index contributed by atoms with van der Waals surface area (Å²) in [6.07, 6.45) is 1.92. The van der Waals surface area contributed by atoms with Crippen LogP contribution in [0.1, 0.15) is 28.1 Å². The van der Waals surface area contributed by atoms with Crippen LogP contribution in [-0.4, -0.2) is 28.9 Å². The van der Waals surface area contributed by atoms with Gasteiger partial charge in [0.2, 0.25) is 5.91 Å². The molecule has 0 bridgehead atoms. The van der Waals surface area contributed by atoms with E-state index in [2.05, 4.69) is 48.0 Å². The van der Waals surface area contributed by atoms with Crippen LogP contribution < -0.4 is 16.0 Å². The van der Waals surface area contributed by atoms with Gasteiger partial charge in [-0.15, -0.1) is 0 Å². The highest BCUT2D eigenvalue weighted by Gasteiger charge is 2.13. The average molecular weight is 365 g/mol. The molecular formula is C21H27N5O. The van der Waals surface area contributed by atoms with Crippen molar-refractivity contribution in [2.24, 2.45) is 0 Å². The Hall–Kier alpha value is -2.86. The highest BCUT2D eigenvalue weighted by molar-refractivity contribution is 5.93. The van der Waals surface area contributed by atoms with Gasteiger partial charge in [-0.05, 0) is 57.5 Å². The van der Waals surface area contributed by atoms with E-state index >= 15 is 0 Å². The van der Waals surface area contributed by atoms with Crippen molar-refractivity contribution < 1.29 is 4.79 Å². The molecule has 0 saturated carbocycles. The van der Waals surface area contributed by atoms with Crippen LogP contribution >= 0.6 is 0 Å². The van der Waals surface area contributed by atoms with Gasteiger partial charge in [0.05, 0.1) is 23.6 Å². The van der Waals surface area contributed by atoms with E-state index in [0.29, 0.717) is 6.54 Å². The summed E-state index contributed by atoms with van der Waals surface area (Å²) in [5.74, 6) is -0.0768. The summed E-state index contributed by atoms with van der Waals surface area (Å²) in [6, 6.07) is 8.27. The molecule has 0 fully saturated rings. The minimum Gasteiger partial charge on any atom is -0.378 e. The monoisotopic (exact) mass is 365 g/mol. The lowest BCUT2D eigenvalue weighted by molar-refractivity contribution is -0.115. The third-order valence-electron chi connectivity index (χ3n) is 4.92. The molecule has 6 nitrogen and oxygen atoms in total. The summed E-state index contributed by atoms with van der Waals surface area (Å²) in [6.45, 7) is 9.24. The van der Waals surface area contributed by atoms with Gasteiger partial charge in [0, 0.05) is 18.4 Å². The van der Waals surface area contributed by atoms with E-state index in [1.807, 2.05) is 30.5 Å². The fourth-order valence-electron chi connectivity index (χ4n) is 3.25. The minimum atomic E-state index is -0.0768. The van der Waals surface area contributed by atoms with E-state index < -0.39 is 0 Å². The zero-order chi connectivity index (χ0) is 19.6. The molecular weight excluding hydrogens is 338 g/mol. The average Bonchev–Trinajstić information content (AvgIpc) is 2.90. The van der Waals surface area contributed by atoms with Crippen LogP contribution in [0.3, 0.4) is 0 Å². The van der Waals surface area contributed by atoms with Crippen molar-refractivity contribution >= 4 is 22.9 Å². The first-order chi connectivity index (χ1) is 12.9. The van der Waals surface area contributed by atoms with Gasteiger partial charge in [-0.1, -0.05) is 18.2 Å². The van der Waals surface area contributed by atoms with Crippen molar-refractivity contribution in [1.29, 1.82) is 0 Å². The second-order valence-corrected chi connectivity index (χ2v) is 6.92. The first-order valence-electron chi connectivity index (χ1n) is 9.13. The van der Waals surface area contributed by atoms with Gasteiger partial charge < -0.3 is 20.4 Å². The minimum absolute atomic E-state index is 0.0768. The summed E-state index contributed by atoms with van der Waals surface area (Å²) in [7, 11) is 1.75. The molecule has 27 heavy (non-hydrogen) atoms. The third-order valence-corrected chi connectivity index (χ3v) is 4.92. The van der Waals surface area contributed by atoms with E-state index in [0.717, 1.165) is 28.4 Å². The second-order valence-electron chi connectivity index (χ2n) is 6.92. The number of amides is 1. The predicted molar refractivity (Wildman–Crippen MR) is 110 cm³/mol. The van der Waals surface area contributed by atoms with Crippen LogP contribution in [-0.2, 0) is 11.3 Å². The summed E-state index contributed by atoms with van der Waals surface area (Å²) < 4.78 is 2.03. The number of pyridine rings is 1. The van der Waals surface area contributed by atoms with Gasteiger partial charge in [-0.25, -0.2) is 4.98 Å². The number of carbonyl (C=O) groups excluding carboxylic acids is 1. The Balaban J connectivity index is 1.97. The molecule has 0 aliphatic carbocycles. The Morgan fingerprint density at radius 1 is 1.15 bits per heavy atom. The van der Waals surface area contributed by atoms with Crippen molar-refractivity contribution in [2.45, 2.75) is 34.2 Å². The maximum absolute atomic E-state index is 12.0. The fraction of sp³-hybridized carbons (Fsp3) is 0.333. The Bertz CT molecular complexity index is 970. The lowest BCUT2D eigenvalue weighted by Crippen LogP contribution is -2.25. The van der Waals surface area contributed by atoms with E-state index in [1.54, 1.807) is 7.05 Å².